The number of fused-ring (bicyclic) bond motifs is 1. The maximum atomic E-state index is 13.4. The number of nitrogen functional groups attached to an aromatic ring is 1. The summed E-state index contributed by atoms with van der Waals surface area (Å²) in [5.41, 5.74) is 1.77. The van der Waals surface area contributed by atoms with E-state index in [-0.39, 0.29) is 10.9 Å². The lowest BCUT2D eigenvalue weighted by Gasteiger charge is -2.10. The van der Waals surface area contributed by atoms with E-state index in [9.17, 15) is 17.6 Å². The quantitative estimate of drug-likeness (QED) is 0.459. The summed E-state index contributed by atoms with van der Waals surface area (Å²) < 4.78 is 50.7. The molecule has 0 fully saturated rings. The second-order valence-electron chi connectivity index (χ2n) is 3.17. The molecular weight excluding hydrogens is 240 g/mol. The smallest absolute Gasteiger partial charge is 0.308 e. The number of nitrogens with two attached hydrogens (primary N) is 1. The summed E-state index contributed by atoms with van der Waals surface area (Å²) in [6.45, 7) is 0. The van der Waals surface area contributed by atoms with Crippen molar-refractivity contribution in [3.8, 4) is 0 Å². The van der Waals surface area contributed by atoms with Gasteiger partial charge in [0.2, 0.25) is 5.82 Å². The Kier molecular flexibility index (Phi) is 2.58. The van der Waals surface area contributed by atoms with Gasteiger partial charge in [0.1, 0.15) is 5.82 Å². The van der Waals surface area contributed by atoms with Crippen LogP contribution in [0.2, 0.25) is 0 Å². The van der Waals surface area contributed by atoms with Crippen LogP contribution in [-0.4, -0.2) is 9.97 Å². The van der Waals surface area contributed by atoms with E-state index >= 15 is 0 Å². The molecule has 0 radical (unpaired) electrons. The SMILES string of the molecule is NNc1nc(C(F)(F)F)nc2cccc(F)c12. The molecule has 90 valence electrons. The molecule has 0 spiro atoms. The van der Waals surface area contributed by atoms with Crippen molar-refractivity contribution in [2.24, 2.45) is 5.84 Å². The number of hydrazine groups is 1. The van der Waals surface area contributed by atoms with Crippen LogP contribution in [0.25, 0.3) is 10.9 Å². The highest BCUT2D eigenvalue weighted by Gasteiger charge is 2.35. The van der Waals surface area contributed by atoms with E-state index in [1.807, 2.05) is 5.43 Å². The van der Waals surface area contributed by atoms with E-state index in [0.717, 1.165) is 6.07 Å². The lowest BCUT2D eigenvalue weighted by atomic mass is 10.2. The molecule has 2 rings (SSSR count). The number of hydrogen-bond acceptors (Lipinski definition) is 4. The third kappa shape index (κ3) is 1.98. The Morgan fingerprint density at radius 3 is 2.47 bits per heavy atom. The van der Waals surface area contributed by atoms with Crippen LogP contribution in [0.3, 0.4) is 0 Å². The molecule has 8 heteroatoms. The molecule has 0 saturated heterocycles. The first-order valence-corrected chi connectivity index (χ1v) is 4.43. The number of halogens is 4. The summed E-state index contributed by atoms with van der Waals surface area (Å²) >= 11 is 0. The second kappa shape index (κ2) is 3.81. The first-order valence-electron chi connectivity index (χ1n) is 4.43. The molecule has 0 atom stereocenters. The molecule has 0 bridgehead atoms. The van der Waals surface area contributed by atoms with Gasteiger partial charge in [-0.25, -0.2) is 20.2 Å². The summed E-state index contributed by atoms with van der Waals surface area (Å²) in [6.07, 6.45) is -4.72. The fraction of sp³-hybridized carbons (Fsp3) is 0.111. The fourth-order valence-corrected chi connectivity index (χ4v) is 1.37. The minimum atomic E-state index is -4.72. The minimum Gasteiger partial charge on any atom is -0.308 e. The van der Waals surface area contributed by atoms with Gasteiger partial charge in [-0.05, 0) is 12.1 Å². The first kappa shape index (κ1) is 11.5. The molecule has 0 amide bonds. The molecule has 0 aliphatic heterocycles. The van der Waals surface area contributed by atoms with Gasteiger partial charge < -0.3 is 5.43 Å². The van der Waals surface area contributed by atoms with Crippen LogP contribution in [0, 0.1) is 5.82 Å². The van der Waals surface area contributed by atoms with Gasteiger partial charge in [0.05, 0.1) is 10.9 Å². The third-order valence-corrected chi connectivity index (χ3v) is 2.06. The highest BCUT2D eigenvalue weighted by molar-refractivity contribution is 5.89. The van der Waals surface area contributed by atoms with Crippen molar-refractivity contribution in [1.82, 2.24) is 9.97 Å². The zero-order valence-electron chi connectivity index (χ0n) is 8.22. The van der Waals surface area contributed by atoms with E-state index < -0.39 is 23.6 Å². The van der Waals surface area contributed by atoms with Crippen molar-refractivity contribution in [3.63, 3.8) is 0 Å². The molecule has 0 saturated carbocycles. The monoisotopic (exact) mass is 246 g/mol. The Hall–Kier alpha value is -1.96. The maximum absolute atomic E-state index is 13.4. The van der Waals surface area contributed by atoms with Gasteiger partial charge in [-0.2, -0.15) is 13.2 Å². The third-order valence-electron chi connectivity index (χ3n) is 2.06. The van der Waals surface area contributed by atoms with Gasteiger partial charge in [0, 0.05) is 0 Å². The van der Waals surface area contributed by atoms with Crippen LogP contribution >= 0.6 is 0 Å². The van der Waals surface area contributed by atoms with E-state index in [1.165, 1.54) is 12.1 Å². The van der Waals surface area contributed by atoms with Crippen LogP contribution in [-0.2, 0) is 6.18 Å². The molecule has 1 aromatic heterocycles. The largest absolute Gasteiger partial charge is 0.451 e. The van der Waals surface area contributed by atoms with Crippen molar-refractivity contribution in [1.29, 1.82) is 0 Å². The predicted molar refractivity (Wildman–Crippen MR) is 52.3 cm³/mol. The summed E-state index contributed by atoms with van der Waals surface area (Å²) in [4.78, 5) is 6.38. The van der Waals surface area contributed by atoms with Crippen molar-refractivity contribution in [3.05, 3.63) is 29.8 Å². The van der Waals surface area contributed by atoms with Crippen LogP contribution in [0.1, 0.15) is 5.82 Å². The summed E-state index contributed by atoms with van der Waals surface area (Å²) in [7, 11) is 0. The lowest BCUT2D eigenvalue weighted by molar-refractivity contribution is -0.144. The highest BCUT2D eigenvalue weighted by atomic mass is 19.4. The van der Waals surface area contributed by atoms with Crippen molar-refractivity contribution in [2.75, 3.05) is 5.43 Å². The van der Waals surface area contributed by atoms with Gasteiger partial charge in [0.25, 0.3) is 0 Å². The second-order valence-corrected chi connectivity index (χ2v) is 3.17. The van der Waals surface area contributed by atoms with E-state index in [4.69, 9.17) is 5.84 Å². The molecule has 1 aromatic carbocycles. The Balaban J connectivity index is 2.80. The van der Waals surface area contributed by atoms with Crippen molar-refractivity contribution >= 4 is 16.7 Å². The predicted octanol–water partition coefficient (Wildman–Crippen LogP) is 2.07. The number of aromatic nitrogens is 2. The average molecular weight is 246 g/mol. The topological polar surface area (TPSA) is 63.8 Å². The van der Waals surface area contributed by atoms with Crippen LogP contribution in [0.15, 0.2) is 18.2 Å². The number of nitrogens with one attached hydrogen (secondary N) is 1. The van der Waals surface area contributed by atoms with Crippen molar-refractivity contribution in [2.45, 2.75) is 6.18 Å². The number of anilines is 1. The number of benzene rings is 1. The zero-order chi connectivity index (χ0) is 12.6. The fourth-order valence-electron chi connectivity index (χ4n) is 1.37. The highest BCUT2D eigenvalue weighted by Crippen LogP contribution is 2.30. The number of nitrogens with zero attached hydrogens (tertiary/aromatic N) is 2. The Bertz CT molecular complexity index is 567. The Morgan fingerprint density at radius 1 is 1.18 bits per heavy atom. The molecule has 0 aliphatic rings. The zero-order valence-corrected chi connectivity index (χ0v) is 8.22. The molecular formula is C9H6F4N4. The first-order chi connectivity index (χ1) is 7.93. The normalized spacial score (nSPS) is 11.8. The van der Waals surface area contributed by atoms with Gasteiger partial charge in [-0.3, -0.25) is 0 Å². The number of rotatable bonds is 1. The van der Waals surface area contributed by atoms with Crippen LogP contribution in [0.4, 0.5) is 23.4 Å². The molecule has 0 unspecified atom stereocenters. The number of hydrogen-bond donors (Lipinski definition) is 2. The molecule has 4 nitrogen and oxygen atoms in total. The van der Waals surface area contributed by atoms with E-state index in [2.05, 4.69) is 9.97 Å². The lowest BCUT2D eigenvalue weighted by Crippen LogP contribution is -2.16. The molecule has 1 heterocycles. The number of alkyl halides is 3. The minimum absolute atomic E-state index is 0.166. The Morgan fingerprint density at radius 2 is 1.88 bits per heavy atom. The summed E-state index contributed by atoms with van der Waals surface area (Å²) in [5, 5.41) is -0.178. The maximum Gasteiger partial charge on any atom is 0.451 e. The molecule has 2 aromatic rings. The van der Waals surface area contributed by atoms with Gasteiger partial charge in [0.15, 0.2) is 5.82 Å². The van der Waals surface area contributed by atoms with E-state index in [1.54, 1.807) is 0 Å². The van der Waals surface area contributed by atoms with Gasteiger partial charge >= 0.3 is 6.18 Å². The average Bonchev–Trinajstić information content (AvgIpc) is 2.26. The standard InChI is InChI=1S/C9H6F4N4/c10-4-2-1-3-5-6(4)7(17-14)16-8(15-5)9(11,12)13/h1-3H,14H2,(H,15,16,17). The van der Waals surface area contributed by atoms with Crippen molar-refractivity contribution < 1.29 is 17.6 Å². The summed E-state index contributed by atoms with van der Waals surface area (Å²) in [5.74, 6) is 2.50. The van der Waals surface area contributed by atoms with E-state index in [0.29, 0.717) is 0 Å². The van der Waals surface area contributed by atoms with Crippen LogP contribution in [0.5, 0.6) is 0 Å². The molecule has 17 heavy (non-hydrogen) atoms. The molecule has 0 aliphatic carbocycles. The molecule has 3 N–H and O–H groups in total. The van der Waals surface area contributed by atoms with Crippen LogP contribution < -0.4 is 11.3 Å². The Labute approximate surface area is 92.4 Å². The summed E-state index contributed by atoms with van der Waals surface area (Å²) in [6, 6.07) is 3.58. The van der Waals surface area contributed by atoms with Gasteiger partial charge in [-0.15, -0.1) is 0 Å². The van der Waals surface area contributed by atoms with Gasteiger partial charge in [-0.1, -0.05) is 6.07 Å².